The molecule has 21 heavy (non-hydrogen) atoms. The predicted octanol–water partition coefficient (Wildman–Crippen LogP) is 1.37. The molecule has 6 nitrogen and oxygen atoms in total. The van der Waals surface area contributed by atoms with Crippen LogP contribution in [0.2, 0.25) is 0 Å². The van der Waals surface area contributed by atoms with Crippen LogP contribution in [0.5, 0.6) is 0 Å². The summed E-state index contributed by atoms with van der Waals surface area (Å²) >= 11 is 0. The molecule has 7 heteroatoms. The van der Waals surface area contributed by atoms with E-state index in [2.05, 4.69) is 5.10 Å². The van der Waals surface area contributed by atoms with Crippen LogP contribution in [0.4, 0.5) is 5.69 Å². The second kappa shape index (κ2) is 6.28. The lowest BCUT2D eigenvalue weighted by molar-refractivity contribution is 0.590. The first-order valence-corrected chi connectivity index (χ1v) is 8.25. The first kappa shape index (κ1) is 15.5. The van der Waals surface area contributed by atoms with Crippen molar-refractivity contribution >= 4 is 15.7 Å². The van der Waals surface area contributed by atoms with E-state index < -0.39 is 10.0 Å². The van der Waals surface area contributed by atoms with Gasteiger partial charge in [-0.2, -0.15) is 5.10 Å². The maximum absolute atomic E-state index is 12.8. The van der Waals surface area contributed by atoms with Crippen molar-refractivity contribution in [3.63, 3.8) is 0 Å². The Balaban J connectivity index is 2.42. The lowest BCUT2D eigenvalue weighted by Gasteiger charge is -2.23. The quantitative estimate of drug-likeness (QED) is 0.874. The van der Waals surface area contributed by atoms with Crippen molar-refractivity contribution in [2.75, 3.05) is 17.4 Å². The van der Waals surface area contributed by atoms with Gasteiger partial charge in [-0.05, 0) is 25.5 Å². The number of sulfonamides is 1. The van der Waals surface area contributed by atoms with Crippen LogP contribution in [0, 0.1) is 6.92 Å². The number of hydrogen-bond donors (Lipinski definition) is 1. The Morgan fingerprint density at radius 3 is 2.67 bits per heavy atom. The number of para-hydroxylation sites is 1. The van der Waals surface area contributed by atoms with Crippen LogP contribution >= 0.6 is 0 Å². The number of anilines is 1. The lowest BCUT2D eigenvalue weighted by atomic mass is 10.2. The fourth-order valence-corrected chi connectivity index (χ4v) is 3.67. The first-order valence-electron chi connectivity index (χ1n) is 6.81. The fourth-order valence-electron chi connectivity index (χ4n) is 2.17. The number of rotatable bonds is 6. The minimum Gasteiger partial charge on any atom is -0.329 e. The average molecular weight is 308 g/mol. The number of aromatic nitrogens is 2. The molecular weight excluding hydrogens is 288 g/mol. The van der Waals surface area contributed by atoms with Crippen LogP contribution in [0.25, 0.3) is 0 Å². The Kier molecular flexibility index (Phi) is 4.64. The van der Waals surface area contributed by atoms with Crippen LogP contribution in [-0.2, 0) is 16.6 Å². The summed E-state index contributed by atoms with van der Waals surface area (Å²) in [5.41, 5.74) is 7.06. The molecule has 2 rings (SSSR count). The minimum absolute atomic E-state index is 0.182. The molecular formula is C14H20N4O2S. The maximum atomic E-state index is 12.8. The third-order valence-electron chi connectivity index (χ3n) is 3.23. The molecule has 114 valence electrons. The third-order valence-corrected chi connectivity index (χ3v) is 5.07. The summed E-state index contributed by atoms with van der Waals surface area (Å²) in [6.45, 7) is 4.97. The smallest absolute Gasteiger partial charge is 0.267 e. The van der Waals surface area contributed by atoms with Gasteiger partial charge in [0.25, 0.3) is 10.0 Å². The summed E-state index contributed by atoms with van der Waals surface area (Å²) in [5.74, 6) is 0. The van der Waals surface area contributed by atoms with Crippen molar-refractivity contribution in [3.05, 3.63) is 42.2 Å². The summed E-state index contributed by atoms with van der Waals surface area (Å²) in [6, 6.07) is 7.42. The van der Waals surface area contributed by atoms with Crippen LogP contribution in [0.3, 0.4) is 0 Å². The van der Waals surface area contributed by atoms with Gasteiger partial charge < -0.3 is 5.73 Å². The summed E-state index contributed by atoms with van der Waals surface area (Å²) in [5, 5.41) is 4.04. The summed E-state index contributed by atoms with van der Waals surface area (Å²) in [6.07, 6.45) is 2.88. The molecule has 0 aliphatic heterocycles. The molecule has 1 heterocycles. The number of benzene rings is 1. The van der Waals surface area contributed by atoms with Crippen molar-refractivity contribution < 1.29 is 8.42 Å². The zero-order valence-electron chi connectivity index (χ0n) is 12.2. The van der Waals surface area contributed by atoms with E-state index in [0.717, 1.165) is 5.56 Å². The normalized spacial score (nSPS) is 11.6. The monoisotopic (exact) mass is 308 g/mol. The van der Waals surface area contributed by atoms with Gasteiger partial charge in [0.05, 0.1) is 18.4 Å². The van der Waals surface area contributed by atoms with Crippen LogP contribution in [-0.4, -0.2) is 31.3 Å². The minimum atomic E-state index is -3.61. The first-order chi connectivity index (χ1) is 10.0. The molecule has 0 aliphatic carbocycles. The van der Waals surface area contributed by atoms with Gasteiger partial charge in [-0.25, -0.2) is 8.42 Å². The van der Waals surface area contributed by atoms with E-state index in [1.54, 1.807) is 10.7 Å². The lowest BCUT2D eigenvalue weighted by Crippen LogP contribution is -2.31. The number of nitrogens with two attached hydrogens (primary N) is 1. The molecule has 0 atom stereocenters. The Morgan fingerprint density at radius 1 is 1.33 bits per heavy atom. The Labute approximate surface area is 125 Å². The molecule has 0 unspecified atom stereocenters. The highest BCUT2D eigenvalue weighted by molar-refractivity contribution is 7.92. The van der Waals surface area contributed by atoms with E-state index in [4.69, 9.17) is 5.73 Å². The fraction of sp³-hybridized carbons (Fsp3) is 0.357. The van der Waals surface area contributed by atoms with Gasteiger partial charge in [0.1, 0.15) is 4.90 Å². The molecule has 1 aromatic heterocycles. The summed E-state index contributed by atoms with van der Waals surface area (Å²) in [4.78, 5) is 0.182. The highest BCUT2D eigenvalue weighted by Gasteiger charge is 2.26. The Hall–Kier alpha value is -1.86. The van der Waals surface area contributed by atoms with Gasteiger partial charge in [0, 0.05) is 19.3 Å². The van der Waals surface area contributed by atoms with Crippen molar-refractivity contribution in [2.45, 2.75) is 25.3 Å². The van der Waals surface area contributed by atoms with E-state index in [-0.39, 0.29) is 4.90 Å². The van der Waals surface area contributed by atoms with Gasteiger partial charge in [-0.3, -0.25) is 8.99 Å². The highest BCUT2D eigenvalue weighted by Crippen LogP contribution is 2.26. The topological polar surface area (TPSA) is 81.2 Å². The third kappa shape index (κ3) is 3.08. The second-order valence-electron chi connectivity index (χ2n) is 4.68. The van der Waals surface area contributed by atoms with Gasteiger partial charge in [-0.15, -0.1) is 0 Å². The summed E-state index contributed by atoms with van der Waals surface area (Å²) < 4.78 is 28.5. The molecule has 0 saturated carbocycles. The molecule has 0 spiro atoms. The van der Waals surface area contributed by atoms with Crippen molar-refractivity contribution in [2.24, 2.45) is 5.73 Å². The molecule has 0 radical (unpaired) electrons. The highest BCUT2D eigenvalue weighted by atomic mass is 32.2. The Morgan fingerprint density at radius 2 is 2.05 bits per heavy atom. The molecule has 0 fully saturated rings. The van der Waals surface area contributed by atoms with Crippen molar-refractivity contribution in [1.29, 1.82) is 0 Å². The van der Waals surface area contributed by atoms with Gasteiger partial charge in [0.15, 0.2) is 0 Å². The SMILES string of the molecule is CCN(c1ccccc1C)S(=O)(=O)c1cnn(CCN)c1. The van der Waals surface area contributed by atoms with E-state index >= 15 is 0 Å². The number of aryl methyl sites for hydroxylation is 1. The average Bonchev–Trinajstić information content (AvgIpc) is 2.91. The van der Waals surface area contributed by atoms with Crippen LogP contribution < -0.4 is 10.0 Å². The molecule has 1 aromatic carbocycles. The Bertz CT molecular complexity index is 709. The van der Waals surface area contributed by atoms with E-state index in [0.29, 0.717) is 25.3 Å². The zero-order valence-corrected chi connectivity index (χ0v) is 13.0. The predicted molar refractivity (Wildman–Crippen MR) is 82.7 cm³/mol. The van der Waals surface area contributed by atoms with E-state index in [1.807, 2.05) is 32.0 Å². The standard InChI is InChI=1S/C14H20N4O2S/c1-3-18(14-7-5-4-6-12(14)2)21(19,20)13-10-16-17(11-13)9-8-15/h4-7,10-11H,3,8-9,15H2,1-2H3. The molecule has 0 amide bonds. The van der Waals surface area contributed by atoms with Crippen LogP contribution in [0.15, 0.2) is 41.6 Å². The number of hydrogen-bond acceptors (Lipinski definition) is 4. The van der Waals surface area contributed by atoms with Crippen molar-refractivity contribution in [1.82, 2.24) is 9.78 Å². The van der Waals surface area contributed by atoms with Crippen LogP contribution in [0.1, 0.15) is 12.5 Å². The van der Waals surface area contributed by atoms with E-state index in [1.165, 1.54) is 16.7 Å². The molecule has 0 bridgehead atoms. The van der Waals surface area contributed by atoms with Gasteiger partial charge >= 0.3 is 0 Å². The van der Waals surface area contributed by atoms with Gasteiger partial charge in [-0.1, -0.05) is 18.2 Å². The van der Waals surface area contributed by atoms with Crippen molar-refractivity contribution in [3.8, 4) is 0 Å². The zero-order chi connectivity index (χ0) is 15.5. The second-order valence-corrected chi connectivity index (χ2v) is 6.55. The number of nitrogens with zero attached hydrogens (tertiary/aromatic N) is 3. The van der Waals surface area contributed by atoms with Gasteiger partial charge in [0.2, 0.25) is 0 Å². The largest absolute Gasteiger partial charge is 0.329 e. The summed E-state index contributed by atoms with van der Waals surface area (Å²) in [7, 11) is -3.61. The molecule has 0 aliphatic rings. The maximum Gasteiger partial charge on any atom is 0.267 e. The molecule has 0 saturated heterocycles. The molecule has 2 N–H and O–H groups in total. The molecule has 2 aromatic rings. The van der Waals surface area contributed by atoms with E-state index in [9.17, 15) is 8.42 Å².